The molecule has 1 fully saturated rings. The summed E-state index contributed by atoms with van der Waals surface area (Å²) in [5.41, 5.74) is 1.40. The number of hydrogen-bond donors (Lipinski definition) is 1. The monoisotopic (exact) mass is 520 g/mol. The van der Waals surface area contributed by atoms with Crippen molar-refractivity contribution in [1.29, 1.82) is 0 Å². The van der Waals surface area contributed by atoms with Gasteiger partial charge in [0.2, 0.25) is 0 Å². The molecule has 1 aromatic carbocycles. The molecule has 0 saturated heterocycles. The Morgan fingerprint density at radius 1 is 1.25 bits per heavy atom. The Balaban J connectivity index is 1.40. The van der Waals surface area contributed by atoms with Crippen LogP contribution in [0.5, 0.6) is 0 Å². The van der Waals surface area contributed by atoms with Crippen LogP contribution in [0.3, 0.4) is 0 Å². The van der Waals surface area contributed by atoms with E-state index in [1.165, 1.54) is 12.1 Å². The van der Waals surface area contributed by atoms with E-state index in [1.807, 2.05) is 18.2 Å². The highest BCUT2D eigenvalue weighted by Gasteiger charge is 2.28. The molecule has 5 rings (SSSR count). The standard InChI is InChI=1S/C21H16BrClF2N6O/c22-13-10-30(9-12-3-1-2-4-14(12)23)29-20(13)27-21(32)16-8-18-26-15(11-5-6-11)7-17(19(24)25)31(18)28-16/h1-4,7-8,10-11,19H,5-6,9H2,(H,27,29,32). The van der Waals surface area contributed by atoms with Crippen molar-refractivity contribution in [2.24, 2.45) is 0 Å². The van der Waals surface area contributed by atoms with Gasteiger partial charge in [-0.05, 0) is 46.5 Å². The predicted molar refractivity (Wildman–Crippen MR) is 118 cm³/mol. The van der Waals surface area contributed by atoms with Crippen molar-refractivity contribution in [3.63, 3.8) is 0 Å². The van der Waals surface area contributed by atoms with Gasteiger partial charge in [0, 0.05) is 28.9 Å². The van der Waals surface area contributed by atoms with Crippen LogP contribution in [0.2, 0.25) is 5.02 Å². The number of hydrogen-bond acceptors (Lipinski definition) is 4. The summed E-state index contributed by atoms with van der Waals surface area (Å²) in [6.45, 7) is 0.411. The van der Waals surface area contributed by atoms with Crippen LogP contribution in [0.4, 0.5) is 14.6 Å². The van der Waals surface area contributed by atoms with Gasteiger partial charge in [-0.2, -0.15) is 10.2 Å². The molecule has 32 heavy (non-hydrogen) atoms. The Bertz CT molecular complexity index is 1330. The van der Waals surface area contributed by atoms with Gasteiger partial charge in [-0.3, -0.25) is 9.48 Å². The summed E-state index contributed by atoms with van der Waals surface area (Å²) in [5.74, 6) is -0.102. The molecule has 11 heteroatoms. The number of nitrogens with zero attached hydrogens (tertiary/aromatic N) is 5. The van der Waals surface area contributed by atoms with Crippen molar-refractivity contribution in [2.45, 2.75) is 31.7 Å². The van der Waals surface area contributed by atoms with Crippen LogP contribution in [0, 0.1) is 0 Å². The third kappa shape index (κ3) is 4.12. The topological polar surface area (TPSA) is 77.1 Å². The van der Waals surface area contributed by atoms with E-state index in [4.69, 9.17) is 11.6 Å². The van der Waals surface area contributed by atoms with Crippen molar-refractivity contribution in [2.75, 3.05) is 5.32 Å². The van der Waals surface area contributed by atoms with Gasteiger partial charge in [-0.1, -0.05) is 29.8 Å². The van der Waals surface area contributed by atoms with Crippen LogP contribution in [0.1, 0.15) is 52.6 Å². The zero-order valence-electron chi connectivity index (χ0n) is 16.5. The summed E-state index contributed by atoms with van der Waals surface area (Å²) < 4.78 is 30.3. The minimum Gasteiger partial charge on any atom is -0.303 e. The molecule has 0 aliphatic heterocycles. The van der Waals surface area contributed by atoms with Crippen molar-refractivity contribution in [3.8, 4) is 0 Å². The SMILES string of the molecule is O=C(Nc1nn(Cc2ccccc2Cl)cc1Br)c1cc2nc(C3CC3)cc(C(F)F)n2n1. The van der Waals surface area contributed by atoms with E-state index in [0.29, 0.717) is 21.7 Å². The summed E-state index contributed by atoms with van der Waals surface area (Å²) in [5, 5.41) is 11.7. The fraction of sp³-hybridized carbons (Fsp3) is 0.238. The Kier molecular flexibility index (Phi) is 5.42. The second-order valence-corrected chi connectivity index (χ2v) is 8.81. The lowest BCUT2D eigenvalue weighted by atomic mass is 10.2. The maximum absolute atomic E-state index is 13.6. The first-order valence-electron chi connectivity index (χ1n) is 9.85. The van der Waals surface area contributed by atoms with Gasteiger partial charge in [-0.25, -0.2) is 18.3 Å². The summed E-state index contributed by atoms with van der Waals surface area (Å²) >= 11 is 9.58. The van der Waals surface area contributed by atoms with E-state index in [-0.39, 0.29) is 28.8 Å². The van der Waals surface area contributed by atoms with Gasteiger partial charge in [0.15, 0.2) is 17.2 Å². The van der Waals surface area contributed by atoms with Crippen LogP contribution < -0.4 is 5.32 Å². The van der Waals surface area contributed by atoms with E-state index < -0.39 is 12.3 Å². The van der Waals surface area contributed by atoms with Gasteiger partial charge < -0.3 is 5.32 Å². The van der Waals surface area contributed by atoms with E-state index >= 15 is 0 Å². The van der Waals surface area contributed by atoms with Crippen LogP contribution in [0.25, 0.3) is 5.65 Å². The highest BCUT2D eigenvalue weighted by molar-refractivity contribution is 9.10. The van der Waals surface area contributed by atoms with E-state index in [9.17, 15) is 13.6 Å². The fourth-order valence-corrected chi connectivity index (χ4v) is 4.02. The summed E-state index contributed by atoms with van der Waals surface area (Å²) in [7, 11) is 0. The van der Waals surface area contributed by atoms with Crippen LogP contribution >= 0.6 is 27.5 Å². The second kappa shape index (κ2) is 8.25. The highest BCUT2D eigenvalue weighted by Crippen LogP contribution is 2.40. The molecule has 0 atom stereocenters. The zero-order valence-corrected chi connectivity index (χ0v) is 18.8. The van der Waals surface area contributed by atoms with Crippen LogP contribution in [-0.4, -0.2) is 30.3 Å². The number of amides is 1. The van der Waals surface area contributed by atoms with Gasteiger partial charge in [0.25, 0.3) is 12.3 Å². The molecule has 1 aliphatic carbocycles. The molecule has 7 nitrogen and oxygen atoms in total. The molecule has 4 aromatic rings. The summed E-state index contributed by atoms with van der Waals surface area (Å²) in [6, 6.07) is 10.2. The van der Waals surface area contributed by atoms with E-state index in [0.717, 1.165) is 22.9 Å². The largest absolute Gasteiger partial charge is 0.303 e. The number of rotatable bonds is 6. The molecule has 3 heterocycles. The summed E-state index contributed by atoms with van der Waals surface area (Å²) in [4.78, 5) is 17.2. The first-order valence-corrected chi connectivity index (χ1v) is 11.0. The van der Waals surface area contributed by atoms with Crippen molar-refractivity contribution >= 4 is 44.9 Å². The maximum atomic E-state index is 13.6. The molecule has 0 bridgehead atoms. The minimum atomic E-state index is -2.73. The van der Waals surface area contributed by atoms with Gasteiger partial charge >= 0.3 is 0 Å². The third-order valence-corrected chi connectivity index (χ3v) is 6.11. The lowest BCUT2D eigenvalue weighted by Gasteiger charge is -2.06. The first kappa shape index (κ1) is 21.0. The number of nitrogens with one attached hydrogen (secondary N) is 1. The number of benzene rings is 1. The second-order valence-electron chi connectivity index (χ2n) is 7.55. The molecule has 3 aromatic heterocycles. The van der Waals surface area contributed by atoms with Crippen molar-refractivity contribution in [3.05, 3.63) is 74.7 Å². The number of anilines is 1. The number of carbonyl (C=O) groups excluding carboxylic acids is 1. The molecule has 164 valence electrons. The number of aromatic nitrogens is 5. The molecule has 0 radical (unpaired) electrons. The Morgan fingerprint density at radius 2 is 2.03 bits per heavy atom. The first-order chi connectivity index (χ1) is 15.4. The normalized spacial score (nSPS) is 13.8. The molecular weight excluding hydrogens is 506 g/mol. The molecule has 1 amide bonds. The number of alkyl halides is 2. The smallest absolute Gasteiger partial charge is 0.280 e. The number of fused-ring (bicyclic) bond motifs is 1. The molecular formula is C21H16BrClF2N6O. The Labute approximate surface area is 194 Å². The quantitative estimate of drug-likeness (QED) is 0.366. The van der Waals surface area contributed by atoms with Crippen molar-refractivity contribution in [1.82, 2.24) is 24.4 Å². The molecule has 0 unspecified atom stereocenters. The molecule has 1 aliphatic rings. The summed E-state index contributed by atoms with van der Waals surface area (Å²) in [6.07, 6.45) is 0.834. The highest BCUT2D eigenvalue weighted by atomic mass is 79.9. The van der Waals surface area contributed by atoms with E-state index in [1.54, 1.807) is 16.9 Å². The van der Waals surface area contributed by atoms with Gasteiger partial charge in [-0.15, -0.1) is 0 Å². The lowest BCUT2D eigenvalue weighted by molar-refractivity contribution is 0.102. The maximum Gasteiger partial charge on any atom is 0.280 e. The Hall–Kier alpha value is -2.85. The average molecular weight is 522 g/mol. The van der Waals surface area contributed by atoms with Crippen LogP contribution in [-0.2, 0) is 6.54 Å². The zero-order chi connectivity index (χ0) is 22.4. The lowest BCUT2D eigenvalue weighted by Crippen LogP contribution is -2.14. The van der Waals surface area contributed by atoms with E-state index in [2.05, 4.69) is 36.4 Å². The van der Waals surface area contributed by atoms with Gasteiger partial charge in [0.05, 0.1) is 11.0 Å². The molecule has 1 N–H and O–H groups in total. The fourth-order valence-electron chi connectivity index (χ4n) is 3.41. The predicted octanol–water partition coefficient (Wildman–Crippen LogP) is 5.46. The molecule has 1 saturated carbocycles. The number of halogens is 4. The molecule has 0 spiro atoms. The van der Waals surface area contributed by atoms with Crippen molar-refractivity contribution < 1.29 is 13.6 Å². The van der Waals surface area contributed by atoms with Crippen LogP contribution in [0.15, 0.2) is 47.1 Å². The third-order valence-electron chi connectivity index (χ3n) is 5.17. The Morgan fingerprint density at radius 3 is 2.75 bits per heavy atom. The number of carbonyl (C=O) groups is 1. The van der Waals surface area contributed by atoms with Gasteiger partial charge in [0.1, 0.15) is 5.69 Å². The average Bonchev–Trinajstić information content (AvgIpc) is 3.43. The minimum absolute atomic E-state index is 0.0279.